The molecule has 0 saturated carbocycles. The van der Waals surface area contributed by atoms with Crippen molar-refractivity contribution < 1.29 is 0 Å². The van der Waals surface area contributed by atoms with E-state index in [4.69, 9.17) is 5.73 Å². The molecule has 0 radical (unpaired) electrons. The van der Waals surface area contributed by atoms with Gasteiger partial charge >= 0.3 is 0 Å². The van der Waals surface area contributed by atoms with Crippen LogP contribution in [0.2, 0.25) is 0 Å². The van der Waals surface area contributed by atoms with Gasteiger partial charge in [0.15, 0.2) is 0 Å². The lowest BCUT2D eigenvalue weighted by Gasteiger charge is -2.30. The van der Waals surface area contributed by atoms with Gasteiger partial charge in [-0.1, -0.05) is 0 Å². The fourth-order valence-electron chi connectivity index (χ4n) is 2.23. The van der Waals surface area contributed by atoms with Crippen LogP contribution in [0.15, 0.2) is 0 Å². The van der Waals surface area contributed by atoms with E-state index in [1.54, 1.807) is 0 Å². The highest BCUT2D eigenvalue weighted by Crippen LogP contribution is 2.19. The third-order valence-electron chi connectivity index (χ3n) is 3.50. The smallest absolute Gasteiger partial charge is 0.000977 e. The summed E-state index contributed by atoms with van der Waals surface area (Å²) < 4.78 is 0. The van der Waals surface area contributed by atoms with Crippen LogP contribution in [-0.2, 0) is 0 Å². The Balaban J connectivity index is 2.04. The van der Waals surface area contributed by atoms with Gasteiger partial charge in [-0.3, -0.25) is 0 Å². The molecule has 0 unspecified atom stereocenters. The van der Waals surface area contributed by atoms with Crippen molar-refractivity contribution >= 4 is 0 Å². The second-order valence-electron chi connectivity index (χ2n) is 4.98. The molecule has 0 atom stereocenters. The molecule has 3 heteroatoms. The summed E-state index contributed by atoms with van der Waals surface area (Å²) in [5.41, 5.74) is 5.50. The summed E-state index contributed by atoms with van der Waals surface area (Å²) in [4.78, 5) is 4.86. The quantitative estimate of drug-likeness (QED) is 0.714. The third kappa shape index (κ3) is 5.50. The first-order chi connectivity index (χ1) is 7.22. The van der Waals surface area contributed by atoms with E-state index < -0.39 is 0 Å². The summed E-state index contributed by atoms with van der Waals surface area (Å²) in [6.45, 7) is 5.80. The van der Waals surface area contributed by atoms with Crippen LogP contribution in [0.4, 0.5) is 0 Å². The average molecular weight is 213 g/mol. The molecule has 1 aliphatic rings. The topological polar surface area (TPSA) is 32.5 Å². The highest BCUT2D eigenvalue weighted by atomic mass is 15.1. The van der Waals surface area contributed by atoms with Gasteiger partial charge in [-0.2, -0.15) is 0 Å². The summed E-state index contributed by atoms with van der Waals surface area (Å²) in [6, 6.07) is 0. The number of hydrogen-bond donors (Lipinski definition) is 1. The van der Waals surface area contributed by atoms with E-state index in [0.29, 0.717) is 0 Å². The molecule has 0 aromatic heterocycles. The lowest BCUT2D eigenvalue weighted by molar-refractivity contribution is 0.195. The Hall–Kier alpha value is -0.120. The van der Waals surface area contributed by atoms with Crippen LogP contribution < -0.4 is 5.73 Å². The lowest BCUT2D eigenvalue weighted by atomic mass is 9.94. The van der Waals surface area contributed by atoms with Crippen molar-refractivity contribution in [2.75, 3.05) is 46.8 Å². The zero-order chi connectivity index (χ0) is 11.1. The van der Waals surface area contributed by atoms with E-state index in [1.807, 2.05) is 0 Å². The summed E-state index contributed by atoms with van der Waals surface area (Å²) in [5, 5.41) is 0. The Kier molecular flexibility index (Phi) is 6.22. The minimum absolute atomic E-state index is 0.818. The molecule has 1 saturated heterocycles. The largest absolute Gasteiger partial charge is 0.330 e. The molecular formula is C12H27N3. The first-order valence-corrected chi connectivity index (χ1v) is 6.29. The maximum atomic E-state index is 5.50. The van der Waals surface area contributed by atoms with E-state index in [9.17, 15) is 0 Å². The van der Waals surface area contributed by atoms with Crippen molar-refractivity contribution in [3.8, 4) is 0 Å². The summed E-state index contributed by atoms with van der Waals surface area (Å²) in [7, 11) is 4.44. The van der Waals surface area contributed by atoms with Gasteiger partial charge in [0, 0.05) is 0 Å². The third-order valence-corrected chi connectivity index (χ3v) is 3.50. The number of likely N-dealkylation sites (tertiary alicyclic amines) is 1. The number of piperidine rings is 1. The van der Waals surface area contributed by atoms with Crippen molar-refractivity contribution in [2.24, 2.45) is 11.7 Å². The van der Waals surface area contributed by atoms with Gasteiger partial charge in [0.1, 0.15) is 0 Å². The Morgan fingerprint density at radius 3 is 2.53 bits per heavy atom. The Morgan fingerprint density at radius 2 is 1.93 bits per heavy atom. The van der Waals surface area contributed by atoms with Crippen LogP contribution >= 0.6 is 0 Å². The van der Waals surface area contributed by atoms with E-state index in [0.717, 1.165) is 25.4 Å². The van der Waals surface area contributed by atoms with Gasteiger partial charge < -0.3 is 15.5 Å². The fourth-order valence-corrected chi connectivity index (χ4v) is 2.23. The van der Waals surface area contributed by atoms with Gasteiger partial charge in [-0.05, 0) is 78.4 Å². The summed E-state index contributed by atoms with van der Waals surface area (Å²) in [6.07, 6.45) is 5.28. The molecule has 1 heterocycles. The van der Waals surface area contributed by atoms with Gasteiger partial charge in [0.25, 0.3) is 0 Å². The highest BCUT2D eigenvalue weighted by Gasteiger charge is 2.16. The molecule has 0 bridgehead atoms. The van der Waals surface area contributed by atoms with Crippen LogP contribution in [0.5, 0.6) is 0 Å². The van der Waals surface area contributed by atoms with Gasteiger partial charge in [-0.25, -0.2) is 0 Å². The van der Waals surface area contributed by atoms with Crippen molar-refractivity contribution in [1.29, 1.82) is 0 Å². The Bertz CT molecular complexity index is 153. The SMILES string of the molecule is CN(CCCN)CCC1CCN(C)CC1. The Morgan fingerprint density at radius 1 is 1.27 bits per heavy atom. The lowest BCUT2D eigenvalue weighted by Crippen LogP contribution is -2.32. The molecule has 1 aliphatic heterocycles. The minimum atomic E-state index is 0.818. The van der Waals surface area contributed by atoms with Gasteiger partial charge in [0.2, 0.25) is 0 Å². The van der Waals surface area contributed by atoms with Crippen LogP contribution in [0.1, 0.15) is 25.7 Å². The second kappa shape index (κ2) is 7.20. The molecule has 15 heavy (non-hydrogen) atoms. The van der Waals surface area contributed by atoms with E-state index in [1.165, 1.54) is 38.9 Å². The maximum absolute atomic E-state index is 5.50. The number of rotatable bonds is 6. The highest BCUT2D eigenvalue weighted by molar-refractivity contribution is 4.71. The van der Waals surface area contributed by atoms with Crippen molar-refractivity contribution in [2.45, 2.75) is 25.7 Å². The van der Waals surface area contributed by atoms with Crippen molar-refractivity contribution in [3.05, 3.63) is 0 Å². The molecule has 0 spiro atoms. The number of nitrogens with zero attached hydrogens (tertiary/aromatic N) is 2. The first kappa shape index (κ1) is 12.9. The van der Waals surface area contributed by atoms with Crippen LogP contribution in [0.3, 0.4) is 0 Å². The molecule has 3 nitrogen and oxygen atoms in total. The molecule has 0 aliphatic carbocycles. The minimum Gasteiger partial charge on any atom is -0.330 e. The van der Waals surface area contributed by atoms with E-state index in [-0.39, 0.29) is 0 Å². The standard InChI is InChI=1S/C12H27N3/c1-14(8-3-7-13)9-4-12-5-10-15(2)11-6-12/h12H,3-11,13H2,1-2H3. The predicted molar refractivity (Wildman–Crippen MR) is 66.0 cm³/mol. The van der Waals surface area contributed by atoms with Gasteiger partial charge in [-0.15, -0.1) is 0 Å². The summed E-state index contributed by atoms with van der Waals surface area (Å²) >= 11 is 0. The molecule has 1 fully saturated rings. The molecule has 2 N–H and O–H groups in total. The molecule has 0 aromatic rings. The van der Waals surface area contributed by atoms with E-state index in [2.05, 4.69) is 23.9 Å². The number of hydrogen-bond acceptors (Lipinski definition) is 3. The number of nitrogens with two attached hydrogens (primary N) is 1. The van der Waals surface area contributed by atoms with Crippen LogP contribution in [-0.4, -0.2) is 56.6 Å². The molecule has 0 amide bonds. The zero-order valence-corrected chi connectivity index (χ0v) is 10.4. The molecule has 0 aromatic carbocycles. The van der Waals surface area contributed by atoms with Gasteiger partial charge in [0.05, 0.1) is 0 Å². The van der Waals surface area contributed by atoms with E-state index >= 15 is 0 Å². The Labute approximate surface area is 94.6 Å². The molecule has 90 valence electrons. The normalized spacial score (nSPS) is 20.0. The average Bonchev–Trinajstić information content (AvgIpc) is 2.25. The second-order valence-corrected chi connectivity index (χ2v) is 4.98. The zero-order valence-electron chi connectivity index (χ0n) is 10.4. The summed E-state index contributed by atoms with van der Waals surface area (Å²) in [5.74, 6) is 0.960. The first-order valence-electron chi connectivity index (χ1n) is 6.29. The van der Waals surface area contributed by atoms with Crippen LogP contribution in [0.25, 0.3) is 0 Å². The fraction of sp³-hybridized carbons (Fsp3) is 1.00. The van der Waals surface area contributed by atoms with Crippen molar-refractivity contribution in [1.82, 2.24) is 9.80 Å². The van der Waals surface area contributed by atoms with Crippen LogP contribution in [0, 0.1) is 5.92 Å². The predicted octanol–water partition coefficient (Wildman–Crippen LogP) is 0.999. The maximum Gasteiger partial charge on any atom is -0.000977 e. The molecular weight excluding hydrogens is 186 g/mol. The van der Waals surface area contributed by atoms with Crippen molar-refractivity contribution in [3.63, 3.8) is 0 Å². The monoisotopic (exact) mass is 213 g/mol. The molecule has 1 rings (SSSR count).